The van der Waals surface area contributed by atoms with E-state index in [9.17, 15) is 13.0 Å². The maximum atomic E-state index is 13.3. The van der Waals surface area contributed by atoms with Crippen LogP contribution >= 0.6 is 7.60 Å². The molecule has 24 heavy (non-hydrogen) atoms. The fourth-order valence-electron chi connectivity index (χ4n) is 2.17. The first kappa shape index (κ1) is 21.2. The number of sulfone groups is 1. The minimum atomic E-state index is -3.92. The molecule has 0 aliphatic carbocycles. The number of ether oxygens (including phenoxy) is 1. The van der Waals surface area contributed by atoms with Gasteiger partial charge in [0.05, 0.1) is 25.1 Å². The molecule has 0 aliphatic rings. The molecule has 0 unspecified atom stereocenters. The van der Waals surface area contributed by atoms with E-state index in [1.807, 2.05) is 0 Å². The summed E-state index contributed by atoms with van der Waals surface area (Å²) >= 11 is 0. The molecule has 0 N–H and O–H groups in total. The summed E-state index contributed by atoms with van der Waals surface area (Å²) < 4.78 is 54.3. The predicted octanol–water partition coefficient (Wildman–Crippen LogP) is 4.17. The fraction of sp³-hybridized carbons (Fsp3) is 0.625. The Morgan fingerprint density at radius 1 is 1.04 bits per heavy atom. The molecule has 0 heterocycles. The van der Waals surface area contributed by atoms with Crippen molar-refractivity contribution in [1.82, 2.24) is 0 Å². The van der Waals surface area contributed by atoms with Gasteiger partial charge in [-0.1, -0.05) is 12.1 Å². The molecule has 1 aromatic rings. The minimum Gasteiger partial charge on any atom is -0.497 e. The van der Waals surface area contributed by atoms with E-state index < -0.39 is 27.2 Å². The van der Waals surface area contributed by atoms with Gasteiger partial charge >= 0.3 is 7.60 Å². The SMILES string of the molecule is CCOP(=O)(OCC)[C@@H](c1ccc(OC)cc1)S(=O)(=O)C(C)(C)C. The van der Waals surface area contributed by atoms with E-state index in [4.69, 9.17) is 13.8 Å². The fourth-order valence-corrected chi connectivity index (χ4v) is 7.63. The van der Waals surface area contributed by atoms with E-state index in [1.165, 1.54) is 7.11 Å². The highest BCUT2D eigenvalue weighted by atomic mass is 32.2. The van der Waals surface area contributed by atoms with Gasteiger partial charge in [-0.2, -0.15) is 0 Å². The molecule has 0 bridgehead atoms. The second-order valence-corrected chi connectivity index (χ2v) is 11.4. The Morgan fingerprint density at radius 3 is 1.83 bits per heavy atom. The van der Waals surface area contributed by atoms with Crippen LogP contribution in [0.4, 0.5) is 0 Å². The van der Waals surface area contributed by atoms with Crippen molar-refractivity contribution in [3.05, 3.63) is 29.8 Å². The average molecular weight is 378 g/mol. The van der Waals surface area contributed by atoms with Crippen LogP contribution in [0.1, 0.15) is 45.2 Å². The molecule has 6 nitrogen and oxygen atoms in total. The topological polar surface area (TPSA) is 78.9 Å². The Morgan fingerprint density at radius 2 is 1.50 bits per heavy atom. The molecular weight excluding hydrogens is 351 g/mol. The predicted molar refractivity (Wildman–Crippen MR) is 95.3 cm³/mol. The average Bonchev–Trinajstić information content (AvgIpc) is 2.47. The summed E-state index contributed by atoms with van der Waals surface area (Å²) in [5, 5.41) is 0. The summed E-state index contributed by atoms with van der Waals surface area (Å²) in [6, 6.07) is 6.42. The molecule has 8 heteroatoms. The standard InChI is InChI=1S/C16H27O6PS/c1-7-21-23(17,22-8-2)15(24(18,19)16(3,4)5)13-9-11-14(20-6)12-10-13/h9-12,15H,7-8H2,1-6H3/t15-/m1/s1. The summed E-state index contributed by atoms with van der Waals surface area (Å²) in [7, 11) is -6.27. The zero-order valence-electron chi connectivity index (χ0n) is 15.1. The van der Waals surface area contributed by atoms with Crippen molar-refractivity contribution in [2.24, 2.45) is 0 Å². The summed E-state index contributed by atoms with van der Waals surface area (Å²) in [6.45, 7) is 8.19. The van der Waals surface area contributed by atoms with E-state index in [0.717, 1.165) is 0 Å². The van der Waals surface area contributed by atoms with Crippen LogP contribution in [0, 0.1) is 0 Å². The van der Waals surface area contributed by atoms with Gasteiger partial charge in [0.1, 0.15) is 5.75 Å². The zero-order chi connectivity index (χ0) is 18.6. The van der Waals surface area contributed by atoms with Gasteiger partial charge in [0.25, 0.3) is 0 Å². The molecule has 0 spiro atoms. The van der Waals surface area contributed by atoms with Crippen LogP contribution in [-0.4, -0.2) is 33.5 Å². The van der Waals surface area contributed by atoms with Crippen molar-refractivity contribution in [2.45, 2.75) is 44.4 Å². The van der Waals surface area contributed by atoms with Crippen molar-refractivity contribution in [3.8, 4) is 5.75 Å². The highest BCUT2D eigenvalue weighted by molar-refractivity contribution is 7.99. The number of hydrogen-bond acceptors (Lipinski definition) is 6. The second kappa shape index (κ2) is 8.00. The maximum absolute atomic E-state index is 13.3. The smallest absolute Gasteiger partial charge is 0.353 e. The summed E-state index contributed by atoms with van der Waals surface area (Å²) in [6.07, 6.45) is 0. The molecule has 0 saturated carbocycles. The largest absolute Gasteiger partial charge is 0.497 e. The number of rotatable bonds is 8. The molecule has 0 fully saturated rings. The summed E-state index contributed by atoms with van der Waals surface area (Å²) in [5.41, 5.74) is 0.357. The van der Waals surface area contributed by atoms with Crippen LogP contribution < -0.4 is 4.74 Å². The van der Waals surface area contributed by atoms with Crippen molar-refractivity contribution < 1.29 is 26.8 Å². The van der Waals surface area contributed by atoms with Crippen molar-refractivity contribution >= 4 is 17.4 Å². The van der Waals surface area contributed by atoms with E-state index in [2.05, 4.69) is 0 Å². The van der Waals surface area contributed by atoms with Crippen LogP contribution in [-0.2, 0) is 23.4 Å². The molecule has 0 radical (unpaired) electrons. The molecule has 0 aliphatic heterocycles. The molecule has 1 aromatic carbocycles. The van der Waals surface area contributed by atoms with Crippen molar-refractivity contribution in [1.29, 1.82) is 0 Å². The molecule has 138 valence electrons. The molecular formula is C16H27O6PS. The maximum Gasteiger partial charge on any atom is 0.353 e. The van der Waals surface area contributed by atoms with Gasteiger partial charge in [0, 0.05) is 0 Å². The Balaban J connectivity index is 3.59. The lowest BCUT2D eigenvalue weighted by molar-refractivity contribution is 0.217. The van der Waals surface area contributed by atoms with Gasteiger partial charge in [-0.15, -0.1) is 0 Å². The van der Waals surface area contributed by atoms with Gasteiger partial charge in [-0.25, -0.2) is 8.42 Å². The Hall–Kier alpha value is -0.880. The highest BCUT2D eigenvalue weighted by Crippen LogP contribution is 2.64. The van der Waals surface area contributed by atoms with Crippen LogP contribution in [0.3, 0.4) is 0 Å². The number of benzene rings is 1. The van der Waals surface area contributed by atoms with Crippen LogP contribution in [0.25, 0.3) is 0 Å². The zero-order valence-corrected chi connectivity index (χ0v) is 16.8. The van der Waals surface area contributed by atoms with Gasteiger partial charge in [-0.3, -0.25) is 4.57 Å². The van der Waals surface area contributed by atoms with Crippen LogP contribution in [0.15, 0.2) is 24.3 Å². The van der Waals surface area contributed by atoms with Gasteiger partial charge < -0.3 is 13.8 Å². The molecule has 1 rings (SSSR count). The lowest BCUT2D eigenvalue weighted by Crippen LogP contribution is -2.33. The third-order valence-electron chi connectivity index (χ3n) is 3.45. The molecule has 0 aromatic heterocycles. The van der Waals surface area contributed by atoms with Crippen LogP contribution in [0.2, 0.25) is 0 Å². The van der Waals surface area contributed by atoms with E-state index >= 15 is 0 Å². The van der Waals surface area contributed by atoms with E-state index in [-0.39, 0.29) is 13.2 Å². The monoisotopic (exact) mass is 378 g/mol. The Kier molecular flexibility index (Phi) is 7.05. The molecule has 0 amide bonds. The first-order chi connectivity index (χ1) is 11.0. The lowest BCUT2D eigenvalue weighted by atomic mass is 10.2. The molecule has 0 saturated heterocycles. The first-order valence-corrected chi connectivity index (χ1v) is 11.0. The van der Waals surface area contributed by atoms with E-state index in [0.29, 0.717) is 11.3 Å². The van der Waals surface area contributed by atoms with Crippen molar-refractivity contribution in [3.63, 3.8) is 0 Å². The lowest BCUT2D eigenvalue weighted by Gasteiger charge is -2.31. The van der Waals surface area contributed by atoms with Crippen LogP contribution in [0.5, 0.6) is 5.75 Å². The quantitative estimate of drug-likeness (QED) is 0.632. The van der Waals surface area contributed by atoms with Gasteiger partial charge in [0.2, 0.25) is 0 Å². The van der Waals surface area contributed by atoms with Gasteiger partial charge in [-0.05, 0) is 52.3 Å². The summed E-state index contributed by atoms with van der Waals surface area (Å²) in [5.74, 6) is 0.577. The third kappa shape index (κ3) is 4.39. The van der Waals surface area contributed by atoms with E-state index in [1.54, 1.807) is 58.9 Å². The first-order valence-electron chi connectivity index (χ1n) is 7.79. The number of hydrogen-bond donors (Lipinski definition) is 0. The van der Waals surface area contributed by atoms with Crippen molar-refractivity contribution in [2.75, 3.05) is 20.3 Å². The minimum absolute atomic E-state index is 0.0869. The Labute approximate surface area is 145 Å². The Bertz CT molecular complexity index is 666. The summed E-state index contributed by atoms with van der Waals surface area (Å²) in [4.78, 5) is -1.39. The molecule has 1 atom stereocenters. The second-order valence-electron chi connectivity index (χ2n) is 6.16. The normalized spacial score (nSPS) is 14.4. The third-order valence-corrected chi connectivity index (χ3v) is 9.74. The highest BCUT2D eigenvalue weighted by Gasteiger charge is 2.50. The number of methoxy groups -OCH3 is 1. The van der Waals surface area contributed by atoms with Gasteiger partial charge in [0.15, 0.2) is 14.8 Å².